The Hall–Kier alpha value is -3.95. The first-order valence-electron chi connectivity index (χ1n) is 10.1. The second-order valence-corrected chi connectivity index (χ2v) is 8.80. The number of ether oxygens (including phenoxy) is 2. The zero-order valence-electron chi connectivity index (χ0n) is 17.7. The standard InChI is InChI=1S/C24H16ClN3O5S/c1-32-20-11-15(10-17(25)22(20)33-13-14-5-4-6-16(9-14)28(30)31)12-21-23(29)27-19-8-3-2-7-18(19)26-24(27)34-21/h2-12H,13H2,1H3. The van der Waals surface area contributed by atoms with Crippen molar-refractivity contribution in [3.05, 3.63) is 102 Å². The van der Waals surface area contributed by atoms with Gasteiger partial charge in [-0.2, -0.15) is 0 Å². The number of nitro groups is 1. The summed E-state index contributed by atoms with van der Waals surface area (Å²) in [6.45, 7) is 0.0702. The van der Waals surface area contributed by atoms with Crippen molar-refractivity contribution in [3.8, 4) is 11.5 Å². The van der Waals surface area contributed by atoms with Crippen LogP contribution in [0.4, 0.5) is 5.69 Å². The van der Waals surface area contributed by atoms with E-state index in [0.29, 0.717) is 32.1 Å². The Bertz CT molecular complexity index is 1680. The molecule has 0 atom stereocenters. The predicted molar refractivity (Wildman–Crippen MR) is 131 cm³/mol. The average molecular weight is 494 g/mol. The maximum Gasteiger partial charge on any atom is 0.274 e. The first-order valence-corrected chi connectivity index (χ1v) is 11.3. The maximum absolute atomic E-state index is 13.0. The Labute approximate surface area is 201 Å². The molecule has 8 nitrogen and oxygen atoms in total. The van der Waals surface area contributed by atoms with Crippen LogP contribution in [-0.2, 0) is 6.61 Å². The summed E-state index contributed by atoms with van der Waals surface area (Å²) in [5.74, 6) is 0.686. The van der Waals surface area contributed by atoms with Crippen molar-refractivity contribution in [1.29, 1.82) is 0 Å². The second-order valence-electron chi connectivity index (χ2n) is 7.38. The van der Waals surface area contributed by atoms with Crippen LogP contribution in [0.25, 0.3) is 22.1 Å². The van der Waals surface area contributed by atoms with Crippen molar-refractivity contribution in [2.75, 3.05) is 7.11 Å². The van der Waals surface area contributed by atoms with Gasteiger partial charge in [0.05, 0.1) is 32.6 Å². The lowest BCUT2D eigenvalue weighted by atomic mass is 10.2. The summed E-state index contributed by atoms with van der Waals surface area (Å²) in [7, 11) is 1.49. The monoisotopic (exact) mass is 493 g/mol. The molecular formula is C24H16ClN3O5S. The number of methoxy groups -OCH3 is 1. The molecule has 0 aliphatic carbocycles. The Kier molecular flexibility index (Phi) is 5.64. The topological polar surface area (TPSA) is 96.0 Å². The summed E-state index contributed by atoms with van der Waals surface area (Å²) in [4.78, 5) is 28.7. The molecule has 2 heterocycles. The number of halogens is 1. The number of non-ortho nitro benzene ring substituents is 1. The van der Waals surface area contributed by atoms with Crippen molar-refractivity contribution in [1.82, 2.24) is 9.38 Å². The highest BCUT2D eigenvalue weighted by molar-refractivity contribution is 7.15. The highest BCUT2D eigenvalue weighted by Crippen LogP contribution is 2.37. The molecule has 34 heavy (non-hydrogen) atoms. The third-order valence-electron chi connectivity index (χ3n) is 5.20. The van der Waals surface area contributed by atoms with Gasteiger partial charge in [-0.3, -0.25) is 14.9 Å². The van der Waals surface area contributed by atoms with E-state index in [1.54, 1.807) is 34.7 Å². The van der Waals surface area contributed by atoms with E-state index in [1.165, 1.54) is 30.6 Å². The van der Waals surface area contributed by atoms with Crippen LogP contribution < -0.4 is 19.6 Å². The third kappa shape index (κ3) is 3.95. The van der Waals surface area contributed by atoms with E-state index >= 15 is 0 Å². The number of fused-ring (bicyclic) bond motifs is 3. The summed E-state index contributed by atoms with van der Waals surface area (Å²) < 4.78 is 13.4. The highest BCUT2D eigenvalue weighted by Gasteiger charge is 2.15. The molecule has 0 unspecified atom stereocenters. The fourth-order valence-corrected chi connectivity index (χ4v) is 4.90. The molecule has 5 rings (SSSR count). The molecule has 170 valence electrons. The van der Waals surface area contributed by atoms with Crippen LogP contribution in [0.5, 0.6) is 11.5 Å². The number of nitrogens with zero attached hydrogens (tertiary/aromatic N) is 3. The van der Waals surface area contributed by atoms with Gasteiger partial charge in [-0.15, -0.1) is 0 Å². The summed E-state index contributed by atoms with van der Waals surface area (Å²) in [6.07, 6.45) is 1.73. The largest absolute Gasteiger partial charge is 0.493 e. The molecule has 2 aromatic heterocycles. The lowest BCUT2D eigenvalue weighted by Crippen LogP contribution is -2.22. The van der Waals surface area contributed by atoms with Crippen molar-refractivity contribution in [3.63, 3.8) is 0 Å². The van der Waals surface area contributed by atoms with Gasteiger partial charge in [-0.1, -0.05) is 47.2 Å². The Morgan fingerprint density at radius 3 is 2.79 bits per heavy atom. The Morgan fingerprint density at radius 2 is 2.00 bits per heavy atom. The van der Waals surface area contributed by atoms with Gasteiger partial charge in [0.1, 0.15) is 6.61 Å². The minimum Gasteiger partial charge on any atom is -0.493 e. The summed E-state index contributed by atoms with van der Waals surface area (Å²) in [5.41, 5.74) is 2.64. The van der Waals surface area contributed by atoms with E-state index in [2.05, 4.69) is 4.98 Å². The minimum absolute atomic E-state index is 0.0207. The Morgan fingerprint density at radius 1 is 1.18 bits per heavy atom. The zero-order chi connectivity index (χ0) is 23.8. The van der Waals surface area contributed by atoms with Crippen molar-refractivity contribution in [2.24, 2.45) is 0 Å². The first kappa shape index (κ1) is 21.9. The summed E-state index contributed by atoms with van der Waals surface area (Å²) in [5, 5.41) is 11.3. The van der Waals surface area contributed by atoms with Crippen molar-refractivity contribution >= 4 is 50.7 Å². The second kappa shape index (κ2) is 8.77. The summed E-state index contributed by atoms with van der Waals surface area (Å²) in [6, 6.07) is 17.0. The molecular weight excluding hydrogens is 478 g/mol. The zero-order valence-corrected chi connectivity index (χ0v) is 19.3. The maximum atomic E-state index is 13.0. The quantitative estimate of drug-likeness (QED) is 0.253. The van der Waals surface area contributed by atoms with Crippen LogP contribution >= 0.6 is 22.9 Å². The molecule has 0 aliphatic heterocycles. The molecule has 0 aliphatic rings. The number of nitro benzene ring substituents is 1. The SMILES string of the molecule is COc1cc(C=c2sc3nc4ccccc4n3c2=O)cc(Cl)c1OCc1cccc([N+](=O)[O-])c1. The van der Waals surface area contributed by atoms with Gasteiger partial charge in [0, 0.05) is 12.1 Å². The van der Waals surface area contributed by atoms with Gasteiger partial charge in [-0.05, 0) is 41.5 Å². The molecule has 5 aromatic rings. The smallest absolute Gasteiger partial charge is 0.274 e. The average Bonchev–Trinajstić information content (AvgIpc) is 3.34. The van der Waals surface area contributed by atoms with Crippen LogP contribution in [0.1, 0.15) is 11.1 Å². The number of para-hydroxylation sites is 2. The predicted octanol–water partition coefficient (Wildman–Crippen LogP) is 4.61. The van der Waals surface area contributed by atoms with E-state index in [1.807, 2.05) is 24.3 Å². The molecule has 10 heteroatoms. The fraction of sp³-hybridized carbons (Fsp3) is 0.0833. The van der Waals surface area contributed by atoms with Gasteiger partial charge < -0.3 is 9.47 Å². The molecule has 0 bridgehead atoms. The van der Waals surface area contributed by atoms with Gasteiger partial charge in [0.25, 0.3) is 11.2 Å². The molecule has 3 aromatic carbocycles. The fourth-order valence-electron chi connectivity index (χ4n) is 3.64. The van der Waals surface area contributed by atoms with E-state index in [-0.39, 0.29) is 22.9 Å². The normalized spacial score (nSPS) is 11.9. The summed E-state index contributed by atoms with van der Waals surface area (Å²) >= 11 is 7.77. The van der Waals surface area contributed by atoms with Crippen LogP contribution in [0.15, 0.2) is 65.5 Å². The number of rotatable bonds is 6. The first-order chi connectivity index (χ1) is 16.4. The molecule has 0 saturated heterocycles. The van der Waals surface area contributed by atoms with Gasteiger partial charge in [0.15, 0.2) is 16.5 Å². The lowest BCUT2D eigenvalue weighted by molar-refractivity contribution is -0.384. The van der Waals surface area contributed by atoms with Crippen LogP contribution in [0.3, 0.4) is 0 Å². The molecule has 0 saturated carbocycles. The molecule has 0 N–H and O–H groups in total. The third-order valence-corrected chi connectivity index (χ3v) is 6.45. The van der Waals surface area contributed by atoms with E-state index in [4.69, 9.17) is 21.1 Å². The van der Waals surface area contributed by atoms with E-state index in [0.717, 1.165) is 11.0 Å². The van der Waals surface area contributed by atoms with Gasteiger partial charge in [-0.25, -0.2) is 9.38 Å². The van der Waals surface area contributed by atoms with E-state index in [9.17, 15) is 14.9 Å². The van der Waals surface area contributed by atoms with Crippen molar-refractivity contribution < 1.29 is 14.4 Å². The number of aromatic nitrogens is 2. The number of benzene rings is 3. The van der Waals surface area contributed by atoms with Gasteiger partial charge >= 0.3 is 0 Å². The molecule has 0 radical (unpaired) electrons. The molecule has 0 amide bonds. The lowest BCUT2D eigenvalue weighted by Gasteiger charge is -2.13. The van der Waals surface area contributed by atoms with Gasteiger partial charge in [0.2, 0.25) is 0 Å². The number of hydrogen-bond donors (Lipinski definition) is 0. The Balaban J connectivity index is 1.49. The number of hydrogen-bond acceptors (Lipinski definition) is 7. The van der Waals surface area contributed by atoms with Crippen LogP contribution in [0.2, 0.25) is 5.02 Å². The van der Waals surface area contributed by atoms with Crippen LogP contribution in [-0.4, -0.2) is 21.4 Å². The number of thiazole rings is 1. The minimum atomic E-state index is -0.462. The highest BCUT2D eigenvalue weighted by atomic mass is 35.5. The van der Waals surface area contributed by atoms with E-state index < -0.39 is 4.92 Å². The molecule has 0 spiro atoms. The molecule has 0 fully saturated rings. The van der Waals surface area contributed by atoms with Crippen molar-refractivity contribution in [2.45, 2.75) is 6.61 Å². The number of imidazole rings is 1. The van der Waals surface area contributed by atoms with Crippen LogP contribution in [0, 0.1) is 10.1 Å².